The Hall–Kier alpha value is -0.610. The fourth-order valence-electron chi connectivity index (χ4n) is 1.73. The van der Waals surface area contributed by atoms with Gasteiger partial charge in [-0.2, -0.15) is 0 Å². The van der Waals surface area contributed by atoms with E-state index in [0.717, 1.165) is 19.3 Å². The first-order chi connectivity index (χ1) is 6.72. The number of hydrogen-bond donors (Lipinski definition) is 2. The third kappa shape index (κ3) is 2.96. The highest BCUT2D eigenvalue weighted by Gasteiger charge is 2.32. The summed E-state index contributed by atoms with van der Waals surface area (Å²) in [7, 11) is 0. The molecule has 0 aliphatic carbocycles. The SMILES string of the molecule is CCCC(=O)NC1(CN)CCOCC1. The highest BCUT2D eigenvalue weighted by molar-refractivity contribution is 5.76. The summed E-state index contributed by atoms with van der Waals surface area (Å²) in [4.78, 5) is 11.5. The predicted octanol–water partition coefficient (Wildman–Crippen LogP) is 0.411. The normalized spacial score (nSPS) is 20.4. The smallest absolute Gasteiger partial charge is 0.220 e. The van der Waals surface area contributed by atoms with E-state index in [4.69, 9.17) is 10.5 Å². The van der Waals surface area contributed by atoms with Crippen LogP contribution < -0.4 is 11.1 Å². The topological polar surface area (TPSA) is 64.4 Å². The molecule has 14 heavy (non-hydrogen) atoms. The molecule has 0 bridgehead atoms. The van der Waals surface area contributed by atoms with Gasteiger partial charge in [0.1, 0.15) is 0 Å². The predicted molar refractivity (Wildman–Crippen MR) is 54.9 cm³/mol. The second-order valence-electron chi connectivity index (χ2n) is 3.90. The van der Waals surface area contributed by atoms with Gasteiger partial charge in [0.2, 0.25) is 5.91 Å². The number of hydrogen-bond acceptors (Lipinski definition) is 3. The zero-order valence-electron chi connectivity index (χ0n) is 8.84. The summed E-state index contributed by atoms with van der Waals surface area (Å²) < 4.78 is 5.26. The van der Waals surface area contributed by atoms with Crippen molar-refractivity contribution >= 4 is 5.91 Å². The molecule has 0 radical (unpaired) electrons. The molecule has 0 aromatic carbocycles. The molecule has 1 amide bonds. The molecule has 1 saturated heterocycles. The van der Waals surface area contributed by atoms with Gasteiger partial charge in [-0.05, 0) is 19.3 Å². The molecule has 3 N–H and O–H groups in total. The Balaban J connectivity index is 2.47. The van der Waals surface area contributed by atoms with E-state index in [-0.39, 0.29) is 11.4 Å². The summed E-state index contributed by atoms with van der Waals surface area (Å²) in [5.74, 6) is 0.111. The van der Waals surface area contributed by atoms with Gasteiger partial charge >= 0.3 is 0 Å². The van der Waals surface area contributed by atoms with Gasteiger partial charge in [0.15, 0.2) is 0 Å². The number of ether oxygens (including phenoxy) is 1. The summed E-state index contributed by atoms with van der Waals surface area (Å²) in [6, 6.07) is 0. The average Bonchev–Trinajstić information content (AvgIpc) is 2.19. The van der Waals surface area contributed by atoms with Crippen molar-refractivity contribution in [1.29, 1.82) is 0 Å². The van der Waals surface area contributed by atoms with E-state index in [2.05, 4.69) is 5.32 Å². The molecule has 4 heteroatoms. The molecule has 1 heterocycles. The van der Waals surface area contributed by atoms with Gasteiger partial charge in [-0.15, -0.1) is 0 Å². The monoisotopic (exact) mass is 200 g/mol. The molecule has 1 fully saturated rings. The number of nitrogens with one attached hydrogen (secondary N) is 1. The molecule has 0 atom stereocenters. The van der Waals surface area contributed by atoms with Crippen molar-refractivity contribution in [3.05, 3.63) is 0 Å². The second-order valence-corrected chi connectivity index (χ2v) is 3.90. The van der Waals surface area contributed by atoms with Gasteiger partial charge in [0, 0.05) is 26.2 Å². The second kappa shape index (κ2) is 5.32. The number of carbonyl (C=O) groups excluding carboxylic acids is 1. The minimum absolute atomic E-state index is 0.111. The molecular formula is C10H20N2O2. The minimum atomic E-state index is -0.204. The summed E-state index contributed by atoms with van der Waals surface area (Å²) in [5, 5.41) is 3.04. The number of amides is 1. The third-order valence-electron chi connectivity index (χ3n) is 2.72. The van der Waals surface area contributed by atoms with Crippen molar-refractivity contribution in [1.82, 2.24) is 5.32 Å². The van der Waals surface area contributed by atoms with Gasteiger partial charge in [-0.1, -0.05) is 6.92 Å². The van der Waals surface area contributed by atoms with Crippen molar-refractivity contribution < 1.29 is 9.53 Å². The van der Waals surface area contributed by atoms with E-state index in [9.17, 15) is 4.79 Å². The Kier molecular flexibility index (Phi) is 4.35. The maximum atomic E-state index is 11.5. The van der Waals surface area contributed by atoms with Crippen LogP contribution in [-0.2, 0) is 9.53 Å². The van der Waals surface area contributed by atoms with E-state index >= 15 is 0 Å². The Morgan fingerprint density at radius 3 is 2.64 bits per heavy atom. The lowest BCUT2D eigenvalue weighted by Crippen LogP contribution is -2.56. The summed E-state index contributed by atoms with van der Waals surface area (Å²) in [5.41, 5.74) is 5.51. The maximum Gasteiger partial charge on any atom is 0.220 e. The van der Waals surface area contributed by atoms with Gasteiger partial charge in [0.25, 0.3) is 0 Å². The van der Waals surface area contributed by atoms with E-state index < -0.39 is 0 Å². The molecule has 4 nitrogen and oxygen atoms in total. The van der Waals surface area contributed by atoms with Crippen LogP contribution in [-0.4, -0.2) is 31.2 Å². The van der Waals surface area contributed by atoms with Crippen molar-refractivity contribution in [2.45, 2.75) is 38.1 Å². The van der Waals surface area contributed by atoms with Crippen LogP contribution in [0.2, 0.25) is 0 Å². The van der Waals surface area contributed by atoms with Crippen molar-refractivity contribution in [2.24, 2.45) is 5.73 Å². The van der Waals surface area contributed by atoms with Crippen LogP contribution in [0.1, 0.15) is 32.6 Å². The van der Waals surface area contributed by atoms with Crippen LogP contribution in [0.5, 0.6) is 0 Å². The Morgan fingerprint density at radius 1 is 1.50 bits per heavy atom. The molecule has 0 spiro atoms. The number of nitrogens with two attached hydrogens (primary N) is 1. The molecule has 0 aromatic heterocycles. The zero-order valence-corrected chi connectivity index (χ0v) is 8.84. The third-order valence-corrected chi connectivity index (χ3v) is 2.72. The van der Waals surface area contributed by atoms with Crippen molar-refractivity contribution in [3.8, 4) is 0 Å². The van der Waals surface area contributed by atoms with Crippen LogP contribution in [0.15, 0.2) is 0 Å². The van der Waals surface area contributed by atoms with Crippen LogP contribution >= 0.6 is 0 Å². The average molecular weight is 200 g/mol. The minimum Gasteiger partial charge on any atom is -0.381 e. The van der Waals surface area contributed by atoms with Gasteiger partial charge in [-0.3, -0.25) is 4.79 Å². The van der Waals surface area contributed by atoms with E-state index in [1.54, 1.807) is 0 Å². The molecular weight excluding hydrogens is 180 g/mol. The van der Waals surface area contributed by atoms with Crippen LogP contribution in [0, 0.1) is 0 Å². The number of rotatable bonds is 4. The van der Waals surface area contributed by atoms with E-state index in [1.807, 2.05) is 6.92 Å². The molecule has 82 valence electrons. The van der Waals surface area contributed by atoms with Crippen molar-refractivity contribution in [2.75, 3.05) is 19.8 Å². The van der Waals surface area contributed by atoms with Gasteiger partial charge in [-0.25, -0.2) is 0 Å². The Morgan fingerprint density at radius 2 is 2.14 bits per heavy atom. The Bertz CT molecular complexity index is 189. The first-order valence-corrected chi connectivity index (χ1v) is 5.31. The lowest BCUT2D eigenvalue weighted by Gasteiger charge is -2.36. The number of carbonyl (C=O) groups is 1. The highest BCUT2D eigenvalue weighted by atomic mass is 16.5. The first-order valence-electron chi connectivity index (χ1n) is 5.31. The molecule has 0 saturated carbocycles. The lowest BCUT2D eigenvalue weighted by atomic mass is 9.90. The quantitative estimate of drug-likeness (QED) is 0.691. The van der Waals surface area contributed by atoms with Crippen molar-refractivity contribution in [3.63, 3.8) is 0 Å². The Labute approximate surface area is 85.2 Å². The van der Waals surface area contributed by atoms with Crippen LogP contribution in [0.4, 0.5) is 0 Å². The van der Waals surface area contributed by atoms with Crippen LogP contribution in [0.25, 0.3) is 0 Å². The molecule has 1 rings (SSSR count). The first kappa shape index (κ1) is 11.5. The maximum absolute atomic E-state index is 11.5. The van der Waals surface area contributed by atoms with Crippen LogP contribution in [0.3, 0.4) is 0 Å². The van der Waals surface area contributed by atoms with E-state index in [1.165, 1.54) is 0 Å². The fourth-order valence-corrected chi connectivity index (χ4v) is 1.73. The zero-order chi connectivity index (χ0) is 10.4. The summed E-state index contributed by atoms with van der Waals surface area (Å²) in [6.45, 7) is 3.90. The summed E-state index contributed by atoms with van der Waals surface area (Å²) >= 11 is 0. The fraction of sp³-hybridized carbons (Fsp3) is 0.900. The van der Waals surface area contributed by atoms with E-state index in [0.29, 0.717) is 26.2 Å². The highest BCUT2D eigenvalue weighted by Crippen LogP contribution is 2.19. The largest absolute Gasteiger partial charge is 0.381 e. The molecule has 1 aliphatic rings. The standard InChI is InChI=1S/C10H20N2O2/c1-2-3-9(13)12-10(8-11)4-6-14-7-5-10/h2-8,11H2,1H3,(H,12,13). The summed E-state index contributed by atoms with van der Waals surface area (Å²) in [6.07, 6.45) is 3.13. The van der Waals surface area contributed by atoms with Gasteiger partial charge < -0.3 is 15.8 Å². The molecule has 0 unspecified atom stereocenters. The lowest BCUT2D eigenvalue weighted by molar-refractivity contribution is -0.124. The molecule has 1 aliphatic heterocycles. The van der Waals surface area contributed by atoms with Gasteiger partial charge in [0.05, 0.1) is 5.54 Å². The molecule has 0 aromatic rings.